The van der Waals surface area contributed by atoms with Gasteiger partial charge in [-0.3, -0.25) is 0 Å². The molecule has 1 heterocycles. The summed E-state index contributed by atoms with van der Waals surface area (Å²) in [5.74, 6) is 0. The van der Waals surface area contributed by atoms with Crippen LogP contribution in [0, 0.1) is 6.92 Å². The standard InChI is InChI=1S/C17H23ClN2/c1-4-9-19-14(3)17-6-5-10-20(17)12-15-8-7-13(2)11-16(15)18/h5-8,10-11,14,19H,4,9,12H2,1-3H3. The van der Waals surface area contributed by atoms with Crippen molar-refractivity contribution in [2.45, 2.75) is 39.8 Å². The fraction of sp³-hybridized carbons (Fsp3) is 0.412. The maximum Gasteiger partial charge on any atom is 0.0488 e. The Bertz CT molecular complexity index is 560. The summed E-state index contributed by atoms with van der Waals surface area (Å²) in [7, 11) is 0. The van der Waals surface area contributed by atoms with Gasteiger partial charge in [-0.2, -0.15) is 0 Å². The van der Waals surface area contributed by atoms with Crippen molar-refractivity contribution in [3.05, 3.63) is 58.4 Å². The summed E-state index contributed by atoms with van der Waals surface area (Å²) in [4.78, 5) is 0. The number of benzene rings is 1. The van der Waals surface area contributed by atoms with Crippen LogP contribution in [0.3, 0.4) is 0 Å². The van der Waals surface area contributed by atoms with E-state index in [0.29, 0.717) is 6.04 Å². The minimum Gasteiger partial charge on any atom is -0.346 e. The van der Waals surface area contributed by atoms with Crippen LogP contribution in [0.25, 0.3) is 0 Å². The molecule has 1 N–H and O–H groups in total. The molecule has 0 fully saturated rings. The average molecular weight is 291 g/mol. The number of aromatic nitrogens is 1. The smallest absolute Gasteiger partial charge is 0.0488 e. The zero-order valence-electron chi connectivity index (χ0n) is 12.5. The molecule has 108 valence electrons. The maximum atomic E-state index is 6.33. The number of nitrogens with zero attached hydrogens (tertiary/aromatic N) is 1. The third-order valence-electron chi connectivity index (χ3n) is 3.56. The van der Waals surface area contributed by atoms with Crippen molar-refractivity contribution < 1.29 is 0 Å². The van der Waals surface area contributed by atoms with Gasteiger partial charge in [-0.15, -0.1) is 0 Å². The second-order valence-electron chi connectivity index (χ2n) is 5.33. The molecule has 2 rings (SSSR count). The molecule has 20 heavy (non-hydrogen) atoms. The molecule has 2 aromatic rings. The Morgan fingerprint density at radius 2 is 2.10 bits per heavy atom. The number of halogens is 1. The topological polar surface area (TPSA) is 17.0 Å². The molecule has 0 aliphatic rings. The number of hydrogen-bond donors (Lipinski definition) is 1. The molecule has 1 aromatic carbocycles. The molecule has 2 nitrogen and oxygen atoms in total. The lowest BCUT2D eigenvalue weighted by atomic mass is 10.1. The molecule has 1 unspecified atom stereocenters. The number of rotatable bonds is 6. The van der Waals surface area contributed by atoms with Crippen LogP contribution in [0.15, 0.2) is 36.5 Å². The van der Waals surface area contributed by atoms with Gasteiger partial charge in [0.1, 0.15) is 0 Å². The molecule has 0 aliphatic carbocycles. The molecular weight excluding hydrogens is 268 g/mol. The van der Waals surface area contributed by atoms with Crippen molar-refractivity contribution in [2.24, 2.45) is 0 Å². The molecule has 0 saturated heterocycles. The lowest BCUT2D eigenvalue weighted by molar-refractivity contribution is 0.534. The van der Waals surface area contributed by atoms with E-state index in [4.69, 9.17) is 11.6 Å². The minimum atomic E-state index is 0.356. The van der Waals surface area contributed by atoms with Crippen LogP contribution in [0.1, 0.15) is 43.1 Å². The highest BCUT2D eigenvalue weighted by atomic mass is 35.5. The Hall–Kier alpha value is -1.25. The van der Waals surface area contributed by atoms with Crippen molar-refractivity contribution in [1.82, 2.24) is 9.88 Å². The quantitative estimate of drug-likeness (QED) is 0.825. The van der Waals surface area contributed by atoms with E-state index in [9.17, 15) is 0 Å². The van der Waals surface area contributed by atoms with Crippen molar-refractivity contribution in [3.8, 4) is 0 Å². The summed E-state index contributed by atoms with van der Waals surface area (Å²) in [6, 6.07) is 10.9. The predicted molar refractivity (Wildman–Crippen MR) is 86.4 cm³/mol. The molecule has 0 spiro atoms. The van der Waals surface area contributed by atoms with Gasteiger partial charge in [-0.05, 0) is 56.1 Å². The van der Waals surface area contributed by atoms with E-state index in [0.717, 1.165) is 30.1 Å². The van der Waals surface area contributed by atoms with E-state index in [-0.39, 0.29) is 0 Å². The van der Waals surface area contributed by atoms with Crippen molar-refractivity contribution >= 4 is 11.6 Å². The van der Waals surface area contributed by atoms with Gasteiger partial charge in [0.15, 0.2) is 0 Å². The molecule has 0 aliphatic heterocycles. The van der Waals surface area contributed by atoms with E-state index in [1.165, 1.54) is 11.3 Å². The predicted octanol–water partition coefficient (Wildman–Crippen LogP) is 4.56. The van der Waals surface area contributed by atoms with Gasteiger partial charge < -0.3 is 9.88 Å². The van der Waals surface area contributed by atoms with Gasteiger partial charge in [0.25, 0.3) is 0 Å². The van der Waals surface area contributed by atoms with Gasteiger partial charge in [0, 0.05) is 29.5 Å². The third kappa shape index (κ3) is 3.65. The van der Waals surface area contributed by atoms with E-state index in [1.807, 2.05) is 6.07 Å². The Balaban J connectivity index is 2.16. The maximum absolute atomic E-state index is 6.33. The summed E-state index contributed by atoms with van der Waals surface area (Å²) in [5.41, 5.74) is 3.66. The number of hydrogen-bond acceptors (Lipinski definition) is 1. The fourth-order valence-electron chi connectivity index (χ4n) is 2.39. The first-order chi connectivity index (χ1) is 9.61. The second-order valence-corrected chi connectivity index (χ2v) is 5.74. The van der Waals surface area contributed by atoms with Gasteiger partial charge in [0.2, 0.25) is 0 Å². The summed E-state index contributed by atoms with van der Waals surface area (Å²) in [6.07, 6.45) is 3.27. The first-order valence-corrected chi connectivity index (χ1v) is 7.63. The van der Waals surface area contributed by atoms with Crippen molar-refractivity contribution in [3.63, 3.8) is 0 Å². The fourth-order valence-corrected chi connectivity index (χ4v) is 2.69. The SMILES string of the molecule is CCCNC(C)c1cccn1Cc1ccc(C)cc1Cl. The van der Waals surface area contributed by atoms with E-state index in [2.05, 4.69) is 61.1 Å². The monoisotopic (exact) mass is 290 g/mol. The van der Waals surface area contributed by atoms with E-state index < -0.39 is 0 Å². The molecule has 1 aromatic heterocycles. The first kappa shape index (κ1) is 15.1. The van der Waals surface area contributed by atoms with Crippen LogP contribution in [0.2, 0.25) is 5.02 Å². The van der Waals surface area contributed by atoms with Crippen molar-refractivity contribution in [2.75, 3.05) is 6.54 Å². The van der Waals surface area contributed by atoms with E-state index >= 15 is 0 Å². The average Bonchev–Trinajstić information content (AvgIpc) is 2.87. The lowest BCUT2D eigenvalue weighted by Crippen LogP contribution is -2.22. The Morgan fingerprint density at radius 3 is 2.80 bits per heavy atom. The Kier molecular flexibility index (Phi) is 5.27. The molecule has 0 radical (unpaired) electrons. The highest BCUT2D eigenvalue weighted by molar-refractivity contribution is 6.31. The molecule has 0 saturated carbocycles. The first-order valence-electron chi connectivity index (χ1n) is 7.25. The van der Waals surface area contributed by atoms with Gasteiger partial charge >= 0.3 is 0 Å². The van der Waals surface area contributed by atoms with Crippen LogP contribution in [0.5, 0.6) is 0 Å². The summed E-state index contributed by atoms with van der Waals surface area (Å²) in [6.45, 7) is 8.31. The Labute approximate surface area is 126 Å². The number of aryl methyl sites for hydroxylation is 1. The van der Waals surface area contributed by atoms with E-state index in [1.54, 1.807) is 0 Å². The van der Waals surface area contributed by atoms with Crippen LogP contribution in [-0.2, 0) is 6.54 Å². The molecular formula is C17H23ClN2. The number of nitrogens with one attached hydrogen (secondary N) is 1. The summed E-state index contributed by atoms with van der Waals surface area (Å²) >= 11 is 6.33. The highest BCUT2D eigenvalue weighted by Gasteiger charge is 2.10. The molecule has 0 amide bonds. The van der Waals surface area contributed by atoms with Gasteiger partial charge in [0.05, 0.1) is 0 Å². The zero-order chi connectivity index (χ0) is 14.5. The van der Waals surface area contributed by atoms with Gasteiger partial charge in [-0.1, -0.05) is 30.7 Å². The third-order valence-corrected chi connectivity index (χ3v) is 3.91. The van der Waals surface area contributed by atoms with Crippen LogP contribution >= 0.6 is 11.6 Å². The normalized spacial score (nSPS) is 12.6. The second kappa shape index (κ2) is 6.96. The van der Waals surface area contributed by atoms with Crippen molar-refractivity contribution in [1.29, 1.82) is 0 Å². The highest BCUT2D eigenvalue weighted by Crippen LogP contribution is 2.21. The Morgan fingerprint density at radius 1 is 1.30 bits per heavy atom. The largest absolute Gasteiger partial charge is 0.346 e. The molecule has 0 bridgehead atoms. The summed E-state index contributed by atoms with van der Waals surface area (Å²) in [5, 5.41) is 4.38. The molecule has 3 heteroatoms. The minimum absolute atomic E-state index is 0.356. The lowest BCUT2D eigenvalue weighted by Gasteiger charge is -2.17. The van der Waals surface area contributed by atoms with Crippen LogP contribution in [-0.4, -0.2) is 11.1 Å². The van der Waals surface area contributed by atoms with Gasteiger partial charge in [-0.25, -0.2) is 0 Å². The van der Waals surface area contributed by atoms with Crippen LogP contribution < -0.4 is 5.32 Å². The van der Waals surface area contributed by atoms with Crippen LogP contribution in [0.4, 0.5) is 0 Å². The zero-order valence-corrected chi connectivity index (χ0v) is 13.2. The summed E-state index contributed by atoms with van der Waals surface area (Å²) < 4.78 is 2.27. The molecule has 1 atom stereocenters.